The van der Waals surface area contributed by atoms with Crippen LogP contribution in [0.2, 0.25) is 0 Å². The van der Waals surface area contributed by atoms with E-state index >= 15 is 0 Å². The average molecular weight is 1150 g/mol. The zero-order valence-electron chi connectivity index (χ0n) is 40.9. The second kappa shape index (κ2) is 19.0. The van der Waals surface area contributed by atoms with Crippen molar-refractivity contribution in [1.29, 1.82) is 5.26 Å². The molecule has 82 heavy (non-hydrogen) atoms. The van der Waals surface area contributed by atoms with Gasteiger partial charge in [0.15, 0.2) is 0 Å². The van der Waals surface area contributed by atoms with Crippen molar-refractivity contribution in [2.75, 3.05) is 0 Å². The van der Waals surface area contributed by atoms with E-state index in [2.05, 4.69) is 0 Å². The molecule has 0 bridgehead atoms. The lowest BCUT2D eigenvalue weighted by Crippen LogP contribution is -2.14. The first-order valence-electron chi connectivity index (χ1n) is 24.0. The molecule has 2 heterocycles. The molecule has 414 valence electrons. The van der Waals surface area contributed by atoms with Crippen molar-refractivity contribution in [3.8, 4) is 62.0 Å². The van der Waals surface area contributed by atoms with E-state index < -0.39 is 92.7 Å². The van der Waals surface area contributed by atoms with Crippen LogP contribution in [0, 0.1) is 11.3 Å². The summed E-state index contributed by atoms with van der Waals surface area (Å²) in [7, 11) is 0. The SMILES string of the molecule is N#Cc1ccc(-c2cc(-c3c(C(F)(F)F)cccc3C(F)(F)F)ccc2-n2c3ccccc3c3cc(-c4cc(C(F)(F)F)cc(C(F)(F)F)c4)ccc32)c(-n2c3ccccc3c3cc(-c4cc(C(F)(F)F)cc(C(F)(F)F)c4)ccc32)c1. The van der Waals surface area contributed by atoms with Crippen molar-refractivity contribution in [2.24, 2.45) is 0 Å². The second-order valence-electron chi connectivity index (χ2n) is 19.1. The minimum atomic E-state index is -5.37. The number of nitriles is 1. The standard InChI is InChI=1S/C61H29F18N3/c62-56(63,64)37-21-35(22-38(28-37)57(65,66)67)32-13-17-51-44(25-32)41-6-1-3-10-49(41)81(51)52-19-15-34(55-47(60(74,75)76)8-5-9-48(55)61(77,78)79)27-46(52)43-16-12-31(30-80)20-54(43)82-50-11-4-2-7-42(50)45-26-33(14-18-53(45)82)36-23-39(58(68,69)70)29-40(24-36)59(71,72)73/h1-29H. The molecule has 0 aliphatic carbocycles. The maximum absolute atomic E-state index is 15.0. The molecular weight excluding hydrogens is 1120 g/mol. The molecule has 0 unspecified atom stereocenters. The molecule has 0 saturated heterocycles. The minimum Gasteiger partial charge on any atom is -0.309 e. The number of fused-ring (bicyclic) bond motifs is 6. The highest BCUT2D eigenvalue weighted by Crippen LogP contribution is 2.49. The summed E-state index contributed by atoms with van der Waals surface area (Å²) in [5.74, 6) is 0. The van der Waals surface area contributed by atoms with Crippen molar-refractivity contribution in [3.63, 3.8) is 0 Å². The van der Waals surface area contributed by atoms with Crippen LogP contribution in [0.4, 0.5) is 79.0 Å². The summed E-state index contributed by atoms with van der Waals surface area (Å²) in [4.78, 5) is 0. The van der Waals surface area contributed by atoms with E-state index in [1.54, 1.807) is 53.1 Å². The van der Waals surface area contributed by atoms with Crippen molar-refractivity contribution in [2.45, 2.75) is 37.1 Å². The Balaban J connectivity index is 1.22. The summed E-state index contributed by atoms with van der Waals surface area (Å²) in [6.45, 7) is 0. The molecular formula is C61H29F18N3. The molecule has 11 rings (SSSR count). The van der Waals surface area contributed by atoms with E-state index in [9.17, 15) is 84.3 Å². The molecule has 9 aromatic carbocycles. The smallest absolute Gasteiger partial charge is 0.309 e. The Hall–Kier alpha value is -9.19. The van der Waals surface area contributed by atoms with Crippen molar-refractivity contribution in [3.05, 3.63) is 215 Å². The number of hydrogen-bond acceptors (Lipinski definition) is 1. The third kappa shape index (κ3) is 9.68. The summed E-state index contributed by atoms with van der Waals surface area (Å²) in [5, 5.41) is 11.5. The molecule has 3 nitrogen and oxygen atoms in total. The Morgan fingerprint density at radius 2 is 0.695 bits per heavy atom. The summed E-state index contributed by atoms with van der Waals surface area (Å²) in [5.41, 5.74) is -11.9. The quantitative estimate of drug-likeness (QED) is 0.153. The molecule has 0 N–H and O–H groups in total. The predicted molar refractivity (Wildman–Crippen MR) is 272 cm³/mol. The van der Waals surface area contributed by atoms with Gasteiger partial charge >= 0.3 is 37.1 Å². The number of alkyl halides is 18. The summed E-state index contributed by atoms with van der Waals surface area (Å²) in [6, 6.07) is 33.4. The molecule has 0 aliphatic rings. The zero-order chi connectivity index (χ0) is 58.8. The highest BCUT2D eigenvalue weighted by molar-refractivity contribution is 6.13. The Kier molecular flexibility index (Phi) is 12.7. The van der Waals surface area contributed by atoms with Gasteiger partial charge in [0.25, 0.3) is 0 Å². The first kappa shape index (κ1) is 54.8. The lowest BCUT2D eigenvalue weighted by Gasteiger charge is -2.22. The molecule has 0 amide bonds. The number of para-hydroxylation sites is 2. The van der Waals surface area contributed by atoms with Crippen LogP contribution in [0.3, 0.4) is 0 Å². The van der Waals surface area contributed by atoms with Gasteiger partial charge in [0.05, 0.1) is 78.5 Å². The van der Waals surface area contributed by atoms with Gasteiger partial charge in [0.2, 0.25) is 0 Å². The van der Waals surface area contributed by atoms with Gasteiger partial charge in [-0.2, -0.15) is 84.3 Å². The van der Waals surface area contributed by atoms with Gasteiger partial charge in [-0.3, -0.25) is 0 Å². The Labute approximate surface area is 449 Å². The fourth-order valence-corrected chi connectivity index (χ4v) is 10.5. The molecule has 0 radical (unpaired) electrons. The van der Waals surface area contributed by atoms with Gasteiger partial charge in [-0.25, -0.2) is 0 Å². The topological polar surface area (TPSA) is 33.6 Å². The Morgan fingerprint density at radius 3 is 1.11 bits per heavy atom. The molecule has 2 aromatic heterocycles. The van der Waals surface area contributed by atoms with Crippen LogP contribution < -0.4 is 0 Å². The minimum absolute atomic E-state index is 0.0134. The molecule has 0 saturated carbocycles. The first-order valence-corrected chi connectivity index (χ1v) is 24.0. The summed E-state index contributed by atoms with van der Waals surface area (Å²) < 4.78 is 262. The van der Waals surface area contributed by atoms with Crippen LogP contribution >= 0.6 is 0 Å². The van der Waals surface area contributed by atoms with E-state index in [0.717, 1.165) is 12.1 Å². The highest BCUT2D eigenvalue weighted by Gasteiger charge is 2.42. The lowest BCUT2D eigenvalue weighted by molar-refractivity contribution is -0.144. The number of halogens is 18. The third-order valence-corrected chi connectivity index (χ3v) is 14.0. The second-order valence-corrected chi connectivity index (χ2v) is 19.1. The fraction of sp³-hybridized carbons (Fsp3) is 0.0984. The maximum atomic E-state index is 15.0. The lowest BCUT2D eigenvalue weighted by atomic mass is 9.90. The van der Waals surface area contributed by atoms with E-state index in [1.165, 1.54) is 65.2 Å². The zero-order valence-corrected chi connectivity index (χ0v) is 40.9. The number of rotatable bonds is 6. The maximum Gasteiger partial charge on any atom is 0.417 e. The number of nitrogens with zero attached hydrogens (tertiary/aromatic N) is 3. The monoisotopic (exact) mass is 1150 g/mol. The van der Waals surface area contributed by atoms with E-state index in [0.29, 0.717) is 53.2 Å². The first-order chi connectivity index (χ1) is 38.4. The molecule has 21 heteroatoms. The molecule has 0 atom stereocenters. The van der Waals surface area contributed by atoms with Crippen molar-refractivity contribution >= 4 is 43.6 Å². The summed E-state index contributed by atoms with van der Waals surface area (Å²) >= 11 is 0. The van der Waals surface area contributed by atoms with Crippen molar-refractivity contribution < 1.29 is 79.0 Å². The van der Waals surface area contributed by atoms with Gasteiger partial charge in [0, 0.05) is 38.2 Å². The van der Waals surface area contributed by atoms with Crippen molar-refractivity contribution in [1.82, 2.24) is 9.13 Å². The fourth-order valence-electron chi connectivity index (χ4n) is 10.5. The van der Waals surface area contributed by atoms with Gasteiger partial charge in [-0.15, -0.1) is 0 Å². The highest BCUT2D eigenvalue weighted by atomic mass is 19.4. The van der Waals surface area contributed by atoms with Crippen LogP contribution in [0.25, 0.3) is 99.5 Å². The number of benzene rings is 9. The predicted octanol–water partition coefficient (Wildman–Crippen LogP) is 20.5. The normalized spacial score (nSPS) is 13.0. The molecule has 0 aliphatic heterocycles. The number of aromatic nitrogens is 2. The van der Waals surface area contributed by atoms with Gasteiger partial charge in [-0.05, 0) is 137 Å². The van der Waals surface area contributed by atoms with Gasteiger partial charge < -0.3 is 9.13 Å². The molecule has 0 spiro atoms. The summed E-state index contributed by atoms with van der Waals surface area (Å²) in [6.07, 6.45) is -31.5. The van der Waals surface area contributed by atoms with Gasteiger partial charge in [-0.1, -0.05) is 66.7 Å². The number of hydrogen-bond donors (Lipinski definition) is 0. The van der Waals surface area contributed by atoms with Crippen LogP contribution in [0.1, 0.15) is 38.9 Å². The van der Waals surface area contributed by atoms with Crippen LogP contribution in [0.5, 0.6) is 0 Å². The molecule has 11 aromatic rings. The van der Waals surface area contributed by atoms with Crippen LogP contribution in [0.15, 0.2) is 176 Å². The van der Waals surface area contributed by atoms with E-state index in [1.807, 2.05) is 6.07 Å². The Bertz CT molecular complexity index is 4340. The van der Waals surface area contributed by atoms with E-state index in [4.69, 9.17) is 0 Å². The largest absolute Gasteiger partial charge is 0.417 e. The van der Waals surface area contributed by atoms with E-state index in [-0.39, 0.29) is 84.2 Å². The Morgan fingerprint density at radius 1 is 0.293 bits per heavy atom. The van der Waals surface area contributed by atoms with Crippen LogP contribution in [-0.4, -0.2) is 9.13 Å². The third-order valence-electron chi connectivity index (χ3n) is 14.0. The van der Waals surface area contributed by atoms with Crippen LogP contribution in [-0.2, 0) is 37.1 Å². The average Bonchev–Trinajstić information content (AvgIpc) is 2.18. The van der Waals surface area contributed by atoms with Gasteiger partial charge in [0.1, 0.15) is 0 Å². The molecule has 0 fully saturated rings.